The minimum Gasteiger partial charge on any atom is -0.394 e. The molecule has 1 atom stereocenters. The van der Waals surface area contributed by atoms with Gasteiger partial charge in [-0.25, -0.2) is 0 Å². The highest BCUT2D eigenvalue weighted by Gasteiger charge is 2.10. The monoisotopic (exact) mass is 149 g/mol. The summed E-state index contributed by atoms with van der Waals surface area (Å²) in [7, 11) is 0. The van der Waals surface area contributed by atoms with E-state index in [-0.39, 0.29) is 19.2 Å². The van der Waals surface area contributed by atoms with Gasteiger partial charge in [0.1, 0.15) is 0 Å². The maximum Gasteiger partial charge on any atom is 0.0920 e. The van der Waals surface area contributed by atoms with Crippen LogP contribution in [0.15, 0.2) is 0 Å². The molecule has 4 nitrogen and oxygen atoms in total. The molecule has 0 rings (SSSR count). The number of aliphatic hydroxyl groups excluding tert-OH is 2. The Kier molecular flexibility index (Phi) is 4.55. The van der Waals surface area contributed by atoms with Crippen molar-refractivity contribution in [1.82, 2.24) is 5.06 Å². The minimum atomic E-state index is -0.854. The average molecular weight is 149 g/mol. The predicted octanol–water partition coefficient (Wildman–Crippen LogP) is -0.561. The van der Waals surface area contributed by atoms with E-state index >= 15 is 0 Å². The molecule has 4 heteroatoms. The predicted molar refractivity (Wildman–Crippen MR) is 36.7 cm³/mol. The SMILES string of the molecule is CC(C)N(O)CC(O)CO. The molecule has 0 aliphatic carbocycles. The van der Waals surface area contributed by atoms with Gasteiger partial charge in [-0.1, -0.05) is 0 Å². The first-order valence-corrected chi connectivity index (χ1v) is 3.32. The second-order valence-corrected chi connectivity index (χ2v) is 2.55. The Morgan fingerprint density at radius 3 is 2.20 bits per heavy atom. The van der Waals surface area contributed by atoms with Gasteiger partial charge >= 0.3 is 0 Å². The van der Waals surface area contributed by atoms with Crippen LogP contribution in [0.4, 0.5) is 0 Å². The summed E-state index contributed by atoms with van der Waals surface area (Å²) in [5.74, 6) is 0. The maximum atomic E-state index is 8.99. The van der Waals surface area contributed by atoms with E-state index in [0.29, 0.717) is 0 Å². The first-order valence-electron chi connectivity index (χ1n) is 3.32. The fourth-order valence-corrected chi connectivity index (χ4v) is 0.484. The molecule has 62 valence electrons. The zero-order valence-corrected chi connectivity index (χ0v) is 6.36. The van der Waals surface area contributed by atoms with Crippen molar-refractivity contribution in [1.29, 1.82) is 0 Å². The number of hydrogen-bond acceptors (Lipinski definition) is 4. The molecule has 0 saturated carbocycles. The second kappa shape index (κ2) is 4.62. The van der Waals surface area contributed by atoms with Crippen molar-refractivity contribution < 1.29 is 15.4 Å². The lowest BCUT2D eigenvalue weighted by Gasteiger charge is -2.20. The molecule has 1 unspecified atom stereocenters. The number of rotatable bonds is 4. The topological polar surface area (TPSA) is 63.9 Å². The molecule has 0 fully saturated rings. The second-order valence-electron chi connectivity index (χ2n) is 2.55. The first kappa shape index (κ1) is 9.84. The summed E-state index contributed by atoms with van der Waals surface area (Å²) in [5, 5.41) is 27.2. The van der Waals surface area contributed by atoms with E-state index in [0.717, 1.165) is 5.06 Å². The van der Waals surface area contributed by atoms with E-state index in [2.05, 4.69) is 0 Å². The Labute approximate surface area is 60.7 Å². The molecule has 0 spiro atoms. The van der Waals surface area contributed by atoms with Gasteiger partial charge in [0, 0.05) is 6.04 Å². The van der Waals surface area contributed by atoms with Crippen LogP contribution >= 0.6 is 0 Å². The Bertz CT molecular complexity index is 87.1. The van der Waals surface area contributed by atoms with Crippen LogP contribution in [-0.4, -0.2) is 45.8 Å². The van der Waals surface area contributed by atoms with E-state index in [9.17, 15) is 0 Å². The third kappa shape index (κ3) is 3.79. The van der Waals surface area contributed by atoms with Gasteiger partial charge in [-0.05, 0) is 13.8 Å². The Morgan fingerprint density at radius 1 is 1.40 bits per heavy atom. The molecule has 0 aromatic carbocycles. The lowest BCUT2D eigenvalue weighted by atomic mass is 10.3. The van der Waals surface area contributed by atoms with Crippen LogP contribution in [-0.2, 0) is 0 Å². The van der Waals surface area contributed by atoms with Crippen LogP contribution in [0.5, 0.6) is 0 Å². The molecular weight excluding hydrogens is 134 g/mol. The van der Waals surface area contributed by atoms with Crippen LogP contribution in [0.1, 0.15) is 13.8 Å². The Morgan fingerprint density at radius 2 is 1.90 bits per heavy atom. The molecule has 0 aliphatic heterocycles. The minimum absolute atomic E-state index is 0.0267. The van der Waals surface area contributed by atoms with Crippen molar-refractivity contribution in [2.75, 3.05) is 13.2 Å². The Balaban J connectivity index is 3.46. The van der Waals surface area contributed by atoms with E-state index in [1.807, 2.05) is 0 Å². The largest absolute Gasteiger partial charge is 0.394 e. The molecule has 0 bridgehead atoms. The third-order valence-electron chi connectivity index (χ3n) is 1.20. The zero-order valence-electron chi connectivity index (χ0n) is 6.36. The maximum absolute atomic E-state index is 8.99. The van der Waals surface area contributed by atoms with E-state index < -0.39 is 6.10 Å². The van der Waals surface area contributed by atoms with Gasteiger partial charge < -0.3 is 15.4 Å². The summed E-state index contributed by atoms with van der Waals surface area (Å²) in [6, 6.07) is -0.0267. The third-order valence-corrected chi connectivity index (χ3v) is 1.20. The first-order chi connectivity index (χ1) is 4.57. The smallest absolute Gasteiger partial charge is 0.0920 e. The van der Waals surface area contributed by atoms with Crippen molar-refractivity contribution in [3.8, 4) is 0 Å². The molecule has 0 aromatic heterocycles. The quantitative estimate of drug-likeness (QED) is 0.469. The lowest BCUT2D eigenvalue weighted by Crippen LogP contribution is -2.36. The van der Waals surface area contributed by atoms with Gasteiger partial charge in [0.15, 0.2) is 0 Å². The van der Waals surface area contributed by atoms with Gasteiger partial charge in [-0.3, -0.25) is 0 Å². The molecule has 0 aromatic rings. The summed E-state index contributed by atoms with van der Waals surface area (Å²) in [6.45, 7) is 3.37. The highest BCUT2D eigenvalue weighted by molar-refractivity contribution is 4.58. The summed E-state index contributed by atoms with van der Waals surface area (Å²) < 4.78 is 0. The fourth-order valence-electron chi connectivity index (χ4n) is 0.484. The molecule has 10 heavy (non-hydrogen) atoms. The van der Waals surface area contributed by atoms with Crippen molar-refractivity contribution in [2.24, 2.45) is 0 Å². The zero-order chi connectivity index (χ0) is 8.15. The normalized spacial score (nSPS) is 14.7. The van der Waals surface area contributed by atoms with Crippen molar-refractivity contribution >= 4 is 0 Å². The van der Waals surface area contributed by atoms with Gasteiger partial charge in [-0.15, -0.1) is 0 Å². The molecule has 3 N–H and O–H groups in total. The Hall–Kier alpha value is -0.160. The number of hydrogen-bond donors (Lipinski definition) is 3. The van der Waals surface area contributed by atoms with E-state index in [1.165, 1.54) is 0 Å². The number of nitrogens with zero attached hydrogens (tertiary/aromatic N) is 1. The summed E-state index contributed by atoms with van der Waals surface area (Å²) >= 11 is 0. The van der Waals surface area contributed by atoms with Crippen LogP contribution < -0.4 is 0 Å². The van der Waals surface area contributed by atoms with Gasteiger partial charge in [-0.2, -0.15) is 5.06 Å². The summed E-state index contributed by atoms with van der Waals surface area (Å²) in [5.41, 5.74) is 0. The van der Waals surface area contributed by atoms with Crippen LogP contribution in [0.25, 0.3) is 0 Å². The van der Waals surface area contributed by atoms with Crippen molar-refractivity contribution in [3.63, 3.8) is 0 Å². The van der Waals surface area contributed by atoms with Gasteiger partial charge in [0.05, 0.1) is 19.3 Å². The highest BCUT2D eigenvalue weighted by Crippen LogP contribution is 1.94. The number of aliphatic hydroxyl groups is 2. The van der Waals surface area contributed by atoms with Crippen molar-refractivity contribution in [2.45, 2.75) is 26.0 Å². The van der Waals surface area contributed by atoms with Gasteiger partial charge in [0.25, 0.3) is 0 Å². The number of hydroxylamine groups is 2. The molecule has 0 aliphatic rings. The molecule has 0 heterocycles. The van der Waals surface area contributed by atoms with Crippen LogP contribution in [0.2, 0.25) is 0 Å². The highest BCUT2D eigenvalue weighted by atomic mass is 16.5. The fraction of sp³-hybridized carbons (Fsp3) is 1.00. The molecular formula is C6H15NO3. The molecule has 0 amide bonds. The van der Waals surface area contributed by atoms with E-state index in [4.69, 9.17) is 15.4 Å². The van der Waals surface area contributed by atoms with Crippen molar-refractivity contribution in [3.05, 3.63) is 0 Å². The van der Waals surface area contributed by atoms with E-state index in [1.54, 1.807) is 13.8 Å². The van der Waals surface area contributed by atoms with Gasteiger partial charge in [0.2, 0.25) is 0 Å². The van der Waals surface area contributed by atoms with Crippen LogP contribution in [0, 0.1) is 0 Å². The average Bonchev–Trinajstić information content (AvgIpc) is 1.87. The summed E-state index contributed by atoms with van der Waals surface area (Å²) in [6.07, 6.45) is -0.854. The lowest BCUT2D eigenvalue weighted by molar-refractivity contribution is -0.140. The molecule has 0 radical (unpaired) electrons. The summed E-state index contributed by atoms with van der Waals surface area (Å²) in [4.78, 5) is 0. The standard InChI is InChI=1S/C6H15NO3/c1-5(2)7(10)3-6(9)4-8/h5-6,8-10H,3-4H2,1-2H3. The van der Waals surface area contributed by atoms with Crippen LogP contribution in [0.3, 0.4) is 0 Å². The molecule has 0 saturated heterocycles.